The van der Waals surface area contributed by atoms with Crippen molar-refractivity contribution in [2.75, 3.05) is 6.54 Å². The normalized spacial score (nSPS) is 10.7. The third-order valence-corrected chi connectivity index (χ3v) is 2.60. The van der Waals surface area contributed by atoms with Crippen molar-refractivity contribution in [1.82, 2.24) is 0 Å². The molecule has 0 bridgehead atoms. The molecular formula is C13H15N. The fraction of sp³-hybridized carbons (Fsp3) is 0.231. The predicted octanol–water partition coefficient (Wildman–Crippen LogP) is 2.65. The van der Waals surface area contributed by atoms with Crippen LogP contribution in [0.25, 0.3) is 10.8 Å². The Morgan fingerprint density at radius 2 is 2.00 bits per heavy atom. The van der Waals surface area contributed by atoms with E-state index in [9.17, 15) is 0 Å². The number of rotatable bonds is 2. The molecule has 0 aliphatic rings. The van der Waals surface area contributed by atoms with Crippen molar-refractivity contribution in [3.05, 3.63) is 47.5 Å². The topological polar surface area (TPSA) is 26.0 Å². The molecule has 2 rings (SSSR count). The van der Waals surface area contributed by atoms with Crippen LogP contribution in [0.4, 0.5) is 0 Å². The average molecular weight is 185 g/mol. The van der Waals surface area contributed by atoms with Gasteiger partial charge in [-0.2, -0.15) is 0 Å². The van der Waals surface area contributed by atoms with E-state index in [0.717, 1.165) is 13.0 Å². The van der Waals surface area contributed by atoms with Crippen LogP contribution in [0.1, 0.15) is 11.1 Å². The molecule has 0 unspecified atom stereocenters. The lowest BCUT2D eigenvalue weighted by molar-refractivity contribution is 0.971. The second-order valence-electron chi connectivity index (χ2n) is 3.67. The van der Waals surface area contributed by atoms with E-state index in [2.05, 4.69) is 43.3 Å². The van der Waals surface area contributed by atoms with Crippen LogP contribution in [0.15, 0.2) is 36.4 Å². The van der Waals surface area contributed by atoms with Gasteiger partial charge in [-0.3, -0.25) is 0 Å². The van der Waals surface area contributed by atoms with Crippen molar-refractivity contribution < 1.29 is 0 Å². The van der Waals surface area contributed by atoms with Gasteiger partial charge in [-0.05, 0) is 41.8 Å². The van der Waals surface area contributed by atoms with E-state index in [0.29, 0.717) is 0 Å². The maximum atomic E-state index is 5.53. The second-order valence-corrected chi connectivity index (χ2v) is 3.67. The van der Waals surface area contributed by atoms with Gasteiger partial charge in [-0.1, -0.05) is 36.4 Å². The van der Waals surface area contributed by atoms with Gasteiger partial charge in [0.25, 0.3) is 0 Å². The fourth-order valence-corrected chi connectivity index (χ4v) is 1.82. The van der Waals surface area contributed by atoms with Crippen LogP contribution in [0.3, 0.4) is 0 Å². The second kappa shape index (κ2) is 3.81. The molecule has 1 nitrogen and oxygen atoms in total. The fourth-order valence-electron chi connectivity index (χ4n) is 1.82. The third-order valence-electron chi connectivity index (χ3n) is 2.60. The van der Waals surface area contributed by atoms with Gasteiger partial charge in [-0.25, -0.2) is 0 Å². The van der Waals surface area contributed by atoms with Crippen molar-refractivity contribution >= 4 is 10.8 Å². The molecule has 0 aromatic heterocycles. The Hall–Kier alpha value is -1.34. The first-order chi connectivity index (χ1) is 6.81. The predicted molar refractivity (Wildman–Crippen MR) is 61.4 cm³/mol. The summed E-state index contributed by atoms with van der Waals surface area (Å²) in [5.41, 5.74) is 8.19. The zero-order chi connectivity index (χ0) is 9.97. The molecule has 2 aromatic carbocycles. The Kier molecular flexibility index (Phi) is 2.51. The van der Waals surface area contributed by atoms with Crippen molar-refractivity contribution in [2.24, 2.45) is 5.73 Å². The molecule has 0 amide bonds. The van der Waals surface area contributed by atoms with Gasteiger partial charge in [-0.15, -0.1) is 0 Å². The molecule has 72 valence electrons. The van der Waals surface area contributed by atoms with Gasteiger partial charge in [0.2, 0.25) is 0 Å². The molecule has 0 radical (unpaired) electrons. The van der Waals surface area contributed by atoms with Crippen LogP contribution in [0, 0.1) is 6.92 Å². The highest BCUT2D eigenvalue weighted by Gasteiger charge is 1.97. The average Bonchev–Trinajstić information content (AvgIpc) is 2.18. The molecule has 0 heterocycles. The number of fused-ring (bicyclic) bond motifs is 1. The standard InChI is InChI=1S/C13H15N/c1-10-3-2-4-12-9-11(7-8-14)5-6-13(10)12/h2-6,9H,7-8,14H2,1H3. The molecule has 0 aliphatic carbocycles. The highest BCUT2D eigenvalue weighted by molar-refractivity contribution is 5.86. The monoisotopic (exact) mass is 185 g/mol. The zero-order valence-corrected chi connectivity index (χ0v) is 8.46. The van der Waals surface area contributed by atoms with E-state index < -0.39 is 0 Å². The highest BCUT2D eigenvalue weighted by atomic mass is 14.5. The molecule has 0 saturated carbocycles. The minimum atomic E-state index is 0.720. The molecule has 0 saturated heterocycles. The van der Waals surface area contributed by atoms with E-state index in [-0.39, 0.29) is 0 Å². The van der Waals surface area contributed by atoms with E-state index in [1.807, 2.05) is 0 Å². The molecule has 0 fully saturated rings. The van der Waals surface area contributed by atoms with E-state index >= 15 is 0 Å². The summed E-state index contributed by atoms with van der Waals surface area (Å²) < 4.78 is 0. The molecule has 0 atom stereocenters. The molecule has 0 aliphatic heterocycles. The van der Waals surface area contributed by atoms with Crippen molar-refractivity contribution in [3.8, 4) is 0 Å². The molecule has 14 heavy (non-hydrogen) atoms. The molecule has 2 N–H and O–H groups in total. The molecule has 2 aromatic rings. The zero-order valence-electron chi connectivity index (χ0n) is 8.46. The SMILES string of the molecule is Cc1cccc2cc(CCN)ccc12. The summed E-state index contributed by atoms with van der Waals surface area (Å²) >= 11 is 0. The van der Waals surface area contributed by atoms with Crippen molar-refractivity contribution in [1.29, 1.82) is 0 Å². The van der Waals surface area contributed by atoms with Gasteiger partial charge in [0.15, 0.2) is 0 Å². The number of nitrogens with two attached hydrogens (primary N) is 1. The first-order valence-corrected chi connectivity index (χ1v) is 4.99. The Morgan fingerprint density at radius 1 is 1.14 bits per heavy atom. The summed E-state index contributed by atoms with van der Waals surface area (Å²) in [4.78, 5) is 0. The van der Waals surface area contributed by atoms with Crippen LogP contribution in [-0.4, -0.2) is 6.54 Å². The Morgan fingerprint density at radius 3 is 2.79 bits per heavy atom. The Bertz CT molecular complexity index is 446. The lowest BCUT2D eigenvalue weighted by atomic mass is 10.0. The van der Waals surface area contributed by atoms with E-state index in [4.69, 9.17) is 5.73 Å². The summed E-state index contributed by atoms with van der Waals surface area (Å²) in [5, 5.41) is 2.66. The quantitative estimate of drug-likeness (QED) is 0.764. The van der Waals surface area contributed by atoms with Gasteiger partial charge in [0, 0.05) is 0 Å². The number of benzene rings is 2. The smallest absolute Gasteiger partial charge is 0.00367 e. The van der Waals surface area contributed by atoms with Gasteiger partial charge in [0.1, 0.15) is 0 Å². The maximum Gasteiger partial charge on any atom is -0.00367 e. The van der Waals surface area contributed by atoms with E-state index in [1.165, 1.54) is 21.9 Å². The Balaban J connectivity index is 2.56. The lowest BCUT2D eigenvalue weighted by Crippen LogP contribution is -2.02. The van der Waals surface area contributed by atoms with Crippen LogP contribution in [0.5, 0.6) is 0 Å². The summed E-state index contributed by atoms with van der Waals surface area (Å²) in [6.45, 7) is 2.86. The van der Waals surface area contributed by atoms with E-state index in [1.54, 1.807) is 0 Å². The minimum absolute atomic E-state index is 0.720. The number of hydrogen-bond donors (Lipinski definition) is 1. The molecule has 0 spiro atoms. The molecular weight excluding hydrogens is 170 g/mol. The van der Waals surface area contributed by atoms with Gasteiger partial charge in [0.05, 0.1) is 0 Å². The number of aryl methyl sites for hydroxylation is 1. The van der Waals surface area contributed by atoms with Crippen molar-refractivity contribution in [3.63, 3.8) is 0 Å². The van der Waals surface area contributed by atoms with Gasteiger partial charge < -0.3 is 5.73 Å². The van der Waals surface area contributed by atoms with Crippen LogP contribution < -0.4 is 5.73 Å². The lowest BCUT2D eigenvalue weighted by Gasteiger charge is -2.04. The largest absolute Gasteiger partial charge is 0.330 e. The molecule has 1 heteroatoms. The Labute approximate surface area is 84.5 Å². The number of hydrogen-bond acceptors (Lipinski definition) is 1. The first kappa shape index (κ1) is 9.22. The summed E-state index contributed by atoms with van der Waals surface area (Å²) in [6, 6.07) is 13.0. The first-order valence-electron chi connectivity index (χ1n) is 4.99. The van der Waals surface area contributed by atoms with Crippen LogP contribution >= 0.6 is 0 Å². The summed E-state index contributed by atoms with van der Waals surface area (Å²) in [5.74, 6) is 0. The third kappa shape index (κ3) is 1.64. The minimum Gasteiger partial charge on any atom is -0.330 e. The highest BCUT2D eigenvalue weighted by Crippen LogP contribution is 2.19. The van der Waals surface area contributed by atoms with Crippen LogP contribution in [0.2, 0.25) is 0 Å². The maximum absolute atomic E-state index is 5.53. The summed E-state index contributed by atoms with van der Waals surface area (Å²) in [7, 11) is 0. The van der Waals surface area contributed by atoms with Crippen molar-refractivity contribution in [2.45, 2.75) is 13.3 Å². The van der Waals surface area contributed by atoms with Crippen LogP contribution in [-0.2, 0) is 6.42 Å². The summed E-state index contributed by atoms with van der Waals surface area (Å²) in [6.07, 6.45) is 0.962. The van der Waals surface area contributed by atoms with Gasteiger partial charge >= 0.3 is 0 Å².